The Labute approximate surface area is 147 Å². The highest BCUT2D eigenvalue weighted by atomic mass is 79.9. The average Bonchev–Trinajstić information content (AvgIpc) is 2.54. The lowest BCUT2D eigenvalue weighted by atomic mass is 10.1. The maximum absolute atomic E-state index is 12.2. The summed E-state index contributed by atoms with van der Waals surface area (Å²) in [7, 11) is 1.51. The van der Waals surface area contributed by atoms with Crippen molar-refractivity contribution >= 4 is 45.2 Å². The van der Waals surface area contributed by atoms with Gasteiger partial charge >= 0.3 is 0 Å². The second kappa shape index (κ2) is 7.82. The average molecular weight is 392 g/mol. The zero-order valence-electron chi connectivity index (χ0n) is 12.1. The van der Waals surface area contributed by atoms with Crippen molar-refractivity contribution in [1.82, 2.24) is 0 Å². The fraction of sp³-hybridized carbons (Fsp3) is 0.0588. The van der Waals surface area contributed by atoms with E-state index in [0.29, 0.717) is 16.5 Å². The lowest BCUT2D eigenvalue weighted by Crippen LogP contribution is -2.13. The van der Waals surface area contributed by atoms with E-state index in [4.69, 9.17) is 16.3 Å². The molecular weight excluding hydrogens is 380 g/mol. The molecule has 2 aromatic carbocycles. The number of amides is 1. The SMILES string of the molecule is COc1ccc(NC(=O)/C(C#N)=C/c2ccc(Br)cc2)cc1Cl. The predicted molar refractivity (Wildman–Crippen MR) is 94.4 cm³/mol. The molecule has 0 aliphatic carbocycles. The van der Waals surface area contributed by atoms with Crippen molar-refractivity contribution in [3.8, 4) is 11.8 Å². The quantitative estimate of drug-likeness (QED) is 0.609. The van der Waals surface area contributed by atoms with E-state index >= 15 is 0 Å². The van der Waals surface area contributed by atoms with Crippen LogP contribution in [0.5, 0.6) is 5.75 Å². The molecule has 1 N–H and O–H groups in total. The van der Waals surface area contributed by atoms with Gasteiger partial charge in [0.25, 0.3) is 5.91 Å². The number of carbonyl (C=O) groups excluding carboxylic acids is 1. The van der Waals surface area contributed by atoms with Crippen molar-refractivity contribution in [2.45, 2.75) is 0 Å². The third-order valence-corrected chi connectivity index (χ3v) is 3.78. The number of nitrogens with zero attached hydrogens (tertiary/aromatic N) is 1. The Bertz CT molecular complexity index is 795. The van der Waals surface area contributed by atoms with Gasteiger partial charge in [-0.15, -0.1) is 0 Å². The third kappa shape index (κ3) is 4.59. The number of ether oxygens (including phenoxy) is 1. The number of anilines is 1. The van der Waals surface area contributed by atoms with Crippen LogP contribution in [-0.4, -0.2) is 13.0 Å². The molecule has 2 aromatic rings. The molecule has 0 atom stereocenters. The van der Waals surface area contributed by atoms with Gasteiger partial charge in [-0.2, -0.15) is 5.26 Å². The molecule has 23 heavy (non-hydrogen) atoms. The Morgan fingerprint density at radius 1 is 1.30 bits per heavy atom. The number of nitriles is 1. The number of rotatable bonds is 4. The van der Waals surface area contributed by atoms with Crippen LogP contribution in [0.1, 0.15) is 5.56 Å². The van der Waals surface area contributed by atoms with Gasteiger partial charge in [0, 0.05) is 10.2 Å². The van der Waals surface area contributed by atoms with Gasteiger partial charge in [-0.25, -0.2) is 0 Å². The number of halogens is 2. The lowest BCUT2D eigenvalue weighted by molar-refractivity contribution is -0.112. The van der Waals surface area contributed by atoms with Crippen LogP contribution in [0.4, 0.5) is 5.69 Å². The first kappa shape index (κ1) is 17.1. The number of methoxy groups -OCH3 is 1. The van der Waals surface area contributed by atoms with Gasteiger partial charge in [-0.1, -0.05) is 39.7 Å². The van der Waals surface area contributed by atoms with Crippen LogP contribution in [0.2, 0.25) is 5.02 Å². The van der Waals surface area contributed by atoms with E-state index in [2.05, 4.69) is 21.2 Å². The second-order valence-corrected chi connectivity index (χ2v) is 5.85. The zero-order chi connectivity index (χ0) is 16.8. The number of hydrogen-bond donors (Lipinski definition) is 1. The van der Waals surface area contributed by atoms with Gasteiger partial charge in [-0.3, -0.25) is 4.79 Å². The summed E-state index contributed by atoms with van der Waals surface area (Å²) in [5.74, 6) is 0.00669. The highest BCUT2D eigenvalue weighted by molar-refractivity contribution is 9.10. The van der Waals surface area contributed by atoms with Crippen molar-refractivity contribution in [2.75, 3.05) is 12.4 Å². The number of benzene rings is 2. The van der Waals surface area contributed by atoms with Crippen LogP contribution >= 0.6 is 27.5 Å². The van der Waals surface area contributed by atoms with Gasteiger partial charge < -0.3 is 10.1 Å². The molecule has 0 saturated heterocycles. The van der Waals surface area contributed by atoms with Crippen molar-refractivity contribution in [2.24, 2.45) is 0 Å². The third-order valence-electron chi connectivity index (χ3n) is 2.96. The molecule has 2 rings (SSSR count). The van der Waals surface area contributed by atoms with Crippen molar-refractivity contribution < 1.29 is 9.53 Å². The standard InChI is InChI=1S/C17H12BrClN2O2/c1-23-16-7-6-14(9-15(16)19)21-17(22)12(10-20)8-11-2-4-13(18)5-3-11/h2-9H,1H3,(H,21,22)/b12-8+. The normalized spacial score (nSPS) is 10.8. The minimum atomic E-state index is -0.503. The van der Waals surface area contributed by atoms with E-state index in [-0.39, 0.29) is 5.57 Å². The summed E-state index contributed by atoms with van der Waals surface area (Å²) in [5.41, 5.74) is 1.24. The minimum absolute atomic E-state index is 0.000682. The Morgan fingerprint density at radius 3 is 2.57 bits per heavy atom. The summed E-state index contributed by atoms with van der Waals surface area (Å²) in [6, 6.07) is 14.0. The van der Waals surface area contributed by atoms with Crippen molar-refractivity contribution in [3.63, 3.8) is 0 Å². The second-order valence-electron chi connectivity index (χ2n) is 4.52. The predicted octanol–water partition coefficient (Wildman–Crippen LogP) is 4.66. The van der Waals surface area contributed by atoms with Gasteiger partial charge in [0.15, 0.2) is 0 Å². The monoisotopic (exact) mass is 390 g/mol. The van der Waals surface area contributed by atoms with Crippen LogP contribution < -0.4 is 10.1 Å². The van der Waals surface area contributed by atoms with Crippen molar-refractivity contribution in [1.29, 1.82) is 5.26 Å². The Balaban J connectivity index is 2.19. The highest BCUT2D eigenvalue weighted by Gasteiger charge is 2.11. The Kier molecular flexibility index (Phi) is 5.80. The molecule has 4 nitrogen and oxygen atoms in total. The molecular formula is C17H12BrClN2O2. The topological polar surface area (TPSA) is 62.1 Å². The molecule has 6 heteroatoms. The molecule has 0 aromatic heterocycles. The largest absolute Gasteiger partial charge is 0.495 e. The van der Waals surface area contributed by atoms with Gasteiger partial charge in [0.2, 0.25) is 0 Å². The fourth-order valence-electron chi connectivity index (χ4n) is 1.82. The molecule has 0 radical (unpaired) electrons. The molecule has 116 valence electrons. The van der Waals surface area contributed by atoms with E-state index in [0.717, 1.165) is 10.0 Å². The van der Waals surface area contributed by atoms with Gasteiger partial charge in [-0.05, 0) is 42.0 Å². The maximum Gasteiger partial charge on any atom is 0.266 e. The molecule has 0 unspecified atom stereocenters. The highest BCUT2D eigenvalue weighted by Crippen LogP contribution is 2.27. The fourth-order valence-corrected chi connectivity index (χ4v) is 2.34. The number of nitrogens with one attached hydrogen (secondary N) is 1. The zero-order valence-corrected chi connectivity index (χ0v) is 14.5. The molecule has 0 aliphatic heterocycles. The maximum atomic E-state index is 12.2. The molecule has 0 aliphatic rings. The smallest absolute Gasteiger partial charge is 0.266 e. The summed E-state index contributed by atoms with van der Waals surface area (Å²) in [5, 5.41) is 12.2. The first-order chi connectivity index (χ1) is 11.0. The molecule has 0 bridgehead atoms. The van der Waals surface area contributed by atoms with Crippen LogP contribution in [0, 0.1) is 11.3 Å². The summed E-state index contributed by atoms with van der Waals surface area (Å²) in [4.78, 5) is 12.2. The van der Waals surface area contributed by atoms with E-state index in [9.17, 15) is 10.1 Å². The van der Waals surface area contributed by atoms with E-state index in [1.54, 1.807) is 30.3 Å². The molecule has 0 heterocycles. The first-order valence-corrected chi connectivity index (χ1v) is 7.73. The minimum Gasteiger partial charge on any atom is -0.495 e. The molecule has 0 spiro atoms. The van der Waals surface area contributed by atoms with Crippen LogP contribution in [0.3, 0.4) is 0 Å². The number of hydrogen-bond acceptors (Lipinski definition) is 3. The molecule has 0 fully saturated rings. The summed E-state index contributed by atoms with van der Waals surface area (Å²) >= 11 is 9.34. The van der Waals surface area contributed by atoms with Crippen LogP contribution in [0.25, 0.3) is 6.08 Å². The summed E-state index contributed by atoms with van der Waals surface area (Å²) in [6.45, 7) is 0. The lowest BCUT2D eigenvalue weighted by Gasteiger charge is -2.07. The number of carbonyl (C=O) groups is 1. The molecule has 1 amide bonds. The Morgan fingerprint density at radius 2 is 2.00 bits per heavy atom. The van der Waals surface area contributed by atoms with Crippen LogP contribution in [-0.2, 0) is 4.79 Å². The van der Waals surface area contributed by atoms with E-state index < -0.39 is 5.91 Å². The van der Waals surface area contributed by atoms with E-state index in [1.807, 2.05) is 18.2 Å². The summed E-state index contributed by atoms with van der Waals surface area (Å²) < 4.78 is 5.97. The molecule has 0 saturated carbocycles. The van der Waals surface area contributed by atoms with Gasteiger partial charge in [0.1, 0.15) is 17.4 Å². The van der Waals surface area contributed by atoms with Gasteiger partial charge in [0.05, 0.1) is 12.1 Å². The van der Waals surface area contributed by atoms with Crippen LogP contribution in [0.15, 0.2) is 52.5 Å². The van der Waals surface area contributed by atoms with Crippen molar-refractivity contribution in [3.05, 3.63) is 63.1 Å². The Hall–Kier alpha value is -2.29. The van der Waals surface area contributed by atoms with E-state index in [1.165, 1.54) is 13.2 Å². The first-order valence-electron chi connectivity index (χ1n) is 6.55. The summed E-state index contributed by atoms with van der Waals surface area (Å²) in [6.07, 6.45) is 1.52.